The van der Waals surface area contributed by atoms with Gasteiger partial charge < -0.3 is 5.73 Å². The summed E-state index contributed by atoms with van der Waals surface area (Å²) < 4.78 is 28.8. The van der Waals surface area contributed by atoms with Gasteiger partial charge in [-0.3, -0.25) is 4.40 Å². The molecule has 0 bridgehead atoms. The quantitative estimate of drug-likeness (QED) is 0.716. The number of pyridine rings is 1. The molecule has 18 heavy (non-hydrogen) atoms. The lowest BCUT2D eigenvalue weighted by molar-refractivity contribution is 0.587. The van der Waals surface area contributed by atoms with Gasteiger partial charge in [0.05, 0.1) is 5.56 Å². The summed E-state index contributed by atoms with van der Waals surface area (Å²) >= 11 is 0. The van der Waals surface area contributed by atoms with Gasteiger partial charge >= 0.3 is 0 Å². The molecule has 0 saturated carbocycles. The van der Waals surface area contributed by atoms with E-state index in [2.05, 4.69) is 10.2 Å². The standard InChI is InChI=1S/C12H8F2N4/c13-8-2-1-3-9(14)11(8)12-17-16-10-5-4-7(15)6-18(10)12/h1-6H,15H2. The summed E-state index contributed by atoms with van der Waals surface area (Å²) in [6.45, 7) is 0. The minimum atomic E-state index is -0.688. The van der Waals surface area contributed by atoms with Crippen molar-refractivity contribution in [2.45, 2.75) is 0 Å². The van der Waals surface area contributed by atoms with E-state index < -0.39 is 11.6 Å². The van der Waals surface area contributed by atoms with Crippen molar-refractivity contribution in [2.24, 2.45) is 0 Å². The molecule has 0 fully saturated rings. The maximum absolute atomic E-state index is 13.7. The average Bonchev–Trinajstić information content (AvgIpc) is 2.72. The molecule has 0 aliphatic heterocycles. The Morgan fingerprint density at radius 3 is 2.44 bits per heavy atom. The van der Waals surface area contributed by atoms with Crippen LogP contribution in [0.4, 0.5) is 14.5 Å². The maximum Gasteiger partial charge on any atom is 0.174 e. The third-order valence-corrected chi connectivity index (χ3v) is 2.61. The van der Waals surface area contributed by atoms with Gasteiger partial charge in [-0.1, -0.05) is 6.07 Å². The van der Waals surface area contributed by atoms with Crippen LogP contribution in [0.15, 0.2) is 36.5 Å². The van der Waals surface area contributed by atoms with E-state index >= 15 is 0 Å². The third-order valence-electron chi connectivity index (χ3n) is 2.61. The van der Waals surface area contributed by atoms with Crippen LogP contribution in [0.2, 0.25) is 0 Å². The van der Waals surface area contributed by atoms with Crippen molar-refractivity contribution in [1.82, 2.24) is 14.6 Å². The molecule has 2 heterocycles. The number of nitrogens with two attached hydrogens (primary N) is 1. The van der Waals surface area contributed by atoms with Crippen molar-refractivity contribution in [3.8, 4) is 11.4 Å². The lowest BCUT2D eigenvalue weighted by Gasteiger charge is -2.03. The molecule has 3 rings (SSSR count). The van der Waals surface area contributed by atoms with Gasteiger partial charge in [0, 0.05) is 11.9 Å². The molecule has 2 aromatic heterocycles. The van der Waals surface area contributed by atoms with E-state index in [1.807, 2.05) is 0 Å². The highest BCUT2D eigenvalue weighted by Crippen LogP contribution is 2.25. The molecule has 0 spiro atoms. The van der Waals surface area contributed by atoms with Gasteiger partial charge in [0.25, 0.3) is 0 Å². The molecule has 0 amide bonds. The number of nitrogen functional groups attached to an aromatic ring is 1. The molecule has 3 aromatic rings. The highest BCUT2D eigenvalue weighted by Gasteiger charge is 2.16. The molecule has 0 unspecified atom stereocenters. The van der Waals surface area contributed by atoms with Crippen LogP contribution in [0, 0.1) is 11.6 Å². The van der Waals surface area contributed by atoms with E-state index in [4.69, 9.17) is 5.73 Å². The number of hydrogen-bond donors (Lipinski definition) is 1. The third kappa shape index (κ3) is 1.50. The molecule has 90 valence electrons. The van der Waals surface area contributed by atoms with Gasteiger partial charge in [0.2, 0.25) is 0 Å². The molecule has 2 N–H and O–H groups in total. The Hall–Kier alpha value is -2.50. The minimum absolute atomic E-state index is 0.0906. The van der Waals surface area contributed by atoms with Gasteiger partial charge in [0.1, 0.15) is 11.6 Å². The van der Waals surface area contributed by atoms with Gasteiger partial charge in [0.15, 0.2) is 11.5 Å². The number of fused-ring (bicyclic) bond motifs is 1. The summed E-state index contributed by atoms with van der Waals surface area (Å²) in [6, 6.07) is 6.92. The van der Waals surface area contributed by atoms with E-state index in [9.17, 15) is 8.78 Å². The topological polar surface area (TPSA) is 56.2 Å². The summed E-state index contributed by atoms with van der Waals surface area (Å²) in [4.78, 5) is 0. The number of halogens is 2. The van der Waals surface area contributed by atoms with Crippen LogP contribution in [0.5, 0.6) is 0 Å². The van der Waals surface area contributed by atoms with E-state index in [1.54, 1.807) is 12.1 Å². The predicted molar refractivity (Wildman–Crippen MR) is 62.8 cm³/mol. The zero-order valence-electron chi connectivity index (χ0n) is 9.14. The van der Waals surface area contributed by atoms with Gasteiger partial charge in [-0.05, 0) is 24.3 Å². The first-order valence-corrected chi connectivity index (χ1v) is 5.21. The van der Waals surface area contributed by atoms with Crippen molar-refractivity contribution in [3.05, 3.63) is 48.2 Å². The van der Waals surface area contributed by atoms with Crippen LogP contribution in [0.25, 0.3) is 17.0 Å². The summed E-state index contributed by atoms with van der Waals surface area (Å²) in [6.07, 6.45) is 1.52. The monoisotopic (exact) mass is 246 g/mol. The van der Waals surface area contributed by atoms with E-state index in [0.29, 0.717) is 11.3 Å². The largest absolute Gasteiger partial charge is 0.398 e. The van der Waals surface area contributed by atoms with Crippen LogP contribution >= 0.6 is 0 Å². The van der Waals surface area contributed by atoms with Crippen molar-refractivity contribution >= 4 is 11.3 Å². The number of hydrogen-bond acceptors (Lipinski definition) is 3. The zero-order chi connectivity index (χ0) is 12.7. The van der Waals surface area contributed by atoms with Crippen molar-refractivity contribution in [2.75, 3.05) is 5.73 Å². The maximum atomic E-state index is 13.7. The fraction of sp³-hybridized carbons (Fsp3) is 0. The lowest BCUT2D eigenvalue weighted by atomic mass is 10.2. The Bertz CT molecular complexity index is 716. The molecular weight excluding hydrogens is 238 g/mol. The average molecular weight is 246 g/mol. The highest BCUT2D eigenvalue weighted by atomic mass is 19.1. The highest BCUT2D eigenvalue weighted by molar-refractivity contribution is 5.62. The van der Waals surface area contributed by atoms with E-state index in [1.165, 1.54) is 28.8 Å². The normalized spacial score (nSPS) is 11.0. The second-order valence-corrected chi connectivity index (χ2v) is 3.81. The number of anilines is 1. The molecule has 0 aliphatic carbocycles. The van der Waals surface area contributed by atoms with Crippen LogP contribution in [0.1, 0.15) is 0 Å². The zero-order valence-corrected chi connectivity index (χ0v) is 9.14. The summed E-state index contributed by atoms with van der Waals surface area (Å²) in [5.41, 5.74) is 6.36. The van der Waals surface area contributed by atoms with Crippen molar-refractivity contribution in [3.63, 3.8) is 0 Å². The molecule has 1 aromatic carbocycles. The Morgan fingerprint density at radius 2 is 1.72 bits per heavy atom. The second kappa shape index (κ2) is 3.76. The summed E-state index contributed by atoms with van der Waals surface area (Å²) in [7, 11) is 0. The first-order chi connectivity index (χ1) is 8.66. The number of aromatic nitrogens is 3. The lowest BCUT2D eigenvalue weighted by Crippen LogP contribution is -1.97. The van der Waals surface area contributed by atoms with Gasteiger partial charge in [-0.25, -0.2) is 8.78 Å². The smallest absolute Gasteiger partial charge is 0.174 e. The Labute approximate surface area is 101 Å². The first kappa shape index (κ1) is 10.6. The van der Waals surface area contributed by atoms with Crippen molar-refractivity contribution in [1.29, 1.82) is 0 Å². The van der Waals surface area contributed by atoms with Crippen LogP contribution < -0.4 is 5.73 Å². The minimum Gasteiger partial charge on any atom is -0.398 e. The van der Waals surface area contributed by atoms with E-state index in [0.717, 1.165) is 0 Å². The van der Waals surface area contributed by atoms with Crippen LogP contribution in [0.3, 0.4) is 0 Å². The van der Waals surface area contributed by atoms with Gasteiger partial charge in [-0.15, -0.1) is 10.2 Å². The number of benzene rings is 1. The fourth-order valence-electron chi connectivity index (χ4n) is 1.79. The Balaban J connectivity index is 2.35. The van der Waals surface area contributed by atoms with Crippen molar-refractivity contribution < 1.29 is 8.78 Å². The van der Waals surface area contributed by atoms with Gasteiger partial charge in [-0.2, -0.15) is 0 Å². The molecule has 0 radical (unpaired) electrons. The molecular formula is C12H8F2N4. The Morgan fingerprint density at radius 1 is 1.00 bits per heavy atom. The number of nitrogens with zero attached hydrogens (tertiary/aromatic N) is 3. The molecule has 0 atom stereocenters. The molecule has 0 saturated heterocycles. The summed E-state index contributed by atoms with van der Waals surface area (Å²) in [5, 5.41) is 7.65. The molecule has 4 nitrogen and oxygen atoms in total. The molecule has 6 heteroatoms. The van der Waals surface area contributed by atoms with E-state index in [-0.39, 0.29) is 11.4 Å². The SMILES string of the molecule is Nc1ccc2nnc(-c3c(F)cccc3F)n2c1. The second-order valence-electron chi connectivity index (χ2n) is 3.81. The predicted octanol–water partition coefficient (Wildman–Crippen LogP) is 2.26. The van der Waals surface area contributed by atoms with Crippen LogP contribution in [-0.4, -0.2) is 14.6 Å². The number of rotatable bonds is 1. The Kier molecular flexibility index (Phi) is 2.22. The van der Waals surface area contributed by atoms with Crippen LogP contribution in [-0.2, 0) is 0 Å². The fourth-order valence-corrected chi connectivity index (χ4v) is 1.79. The molecule has 0 aliphatic rings. The summed E-state index contributed by atoms with van der Waals surface area (Å²) in [5.74, 6) is -1.29. The first-order valence-electron chi connectivity index (χ1n) is 5.21.